The zero-order valence-electron chi connectivity index (χ0n) is 16.1. The van der Waals surface area contributed by atoms with E-state index in [1.807, 2.05) is 12.1 Å². The maximum Gasteiger partial charge on any atom is 0.243 e. The summed E-state index contributed by atoms with van der Waals surface area (Å²) in [5, 5.41) is 5.94. The van der Waals surface area contributed by atoms with Crippen molar-refractivity contribution in [1.82, 2.24) is 15.2 Å². The average Bonchev–Trinajstić information content (AvgIpc) is 2.70. The van der Waals surface area contributed by atoms with Crippen molar-refractivity contribution < 1.29 is 9.53 Å². The largest absolute Gasteiger partial charge is 0.370 e. The topological polar surface area (TPSA) is 78.8 Å². The Morgan fingerprint density at radius 1 is 1.32 bits per heavy atom. The second kappa shape index (κ2) is 11.0. The van der Waals surface area contributed by atoms with Crippen LogP contribution in [0.25, 0.3) is 0 Å². The normalized spacial score (nSPS) is 16.9. The van der Waals surface area contributed by atoms with Crippen LogP contribution in [0.4, 0.5) is 5.69 Å². The highest BCUT2D eigenvalue weighted by atomic mass is 127. The van der Waals surface area contributed by atoms with Gasteiger partial charge in [0.15, 0.2) is 5.96 Å². The summed E-state index contributed by atoms with van der Waals surface area (Å²) in [6, 6.07) is 11.8. The molecule has 8 heteroatoms. The molecule has 1 saturated heterocycles. The molecule has 28 heavy (non-hydrogen) atoms. The molecular formula is C20H26IN5O2. The van der Waals surface area contributed by atoms with Gasteiger partial charge >= 0.3 is 0 Å². The summed E-state index contributed by atoms with van der Waals surface area (Å²) in [5.74, 6) is 0.547. The molecule has 1 amide bonds. The predicted octanol–water partition coefficient (Wildman–Crippen LogP) is 2.60. The monoisotopic (exact) mass is 495 g/mol. The molecule has 0 spiro atoms. The van der Waals surface area contributed by atoms with E-state index in [1.54, 1.807) is 31.6 Å². The van der Waals surface area contributed by atoms with Crippen LogP contribution in [0.15, 0.2) is 53.8 Å². The number of aromatic nitrogens is 1. The number of carbonyl (C=O) groups is 1. The van der Waals surface area contributed by atoms with Crippen LogP contribution in [0.3, 0.4) is 0 Å². The molecule has 1 unspecified atom stereocenters. The Morgan fingerprint density at radius 2 is 2.14 bits per heavy atom. The Morgan fingerprint density at radius 3 is 2.86 bits per heavy atom. The number of nitrogens with zero attached hydrogens (tertiary/aromatic N) is 3. The van der Waals surface area contributed by atoms with E-state index in [4.69, 9.17) is 4.74 Å². The maximum absolute atomic E-state index is 12.1. The van der Waals surface area contributed by atoms with Crippen LogP contribution in [0.5, 0.6) is 0 Å². The van der Waals surface area contributed by atoms with Crippen molar-refractivity contribution in [2.24, 2.45) is 4.99 Å². The first-order valence-corrected chi connectivity index (χ1v) is 9.00. The van der Waals surface area contributed by atoms with E-state index < -0.39 is 0 Å². The molecule has 1 aromatic carbocycles. The number of ether oxygens (including phenoxy) is 1. The van der Waals surface area contributed by atoms with E-state index in [2.05, 4.69) is 44.6 Å². The summed E-state index contributed by atoms with van der Waals surface area (Å²) in [5.41, 5.74) is 3.07. The number of hydrogen-bond donors (Lipinski definition) is 2. The minimum Gasteiger partial charge on any atom is -0.370 e. The number of anilines is 1. The molecule has 2 heterocycles. The van der Waals surface area contributed by atoms with Crippen LogP contribution in [0, 0.1) is 6.92 Å². The lowest BCUT2D eigenvalue weighted by Gasteiger charge is -2.35. The molecule has 0 radical (unpaired) electrons. The predicted molar refractivity (Wildman–Crippen MR) is 121 cm³/mol. The van der Waals surface area contributed by atoms with E-state index in [-0.39, 0.29) is 42.5 Å². The number of pyridine rings is 1. The zero-order chi connectivity index (χ0) is 19.1. The summed E-state index contributed by atoms with van der Waals surface area (Å²) in [4.78, 5) is 22.6. The average molecular weight is 495 g/mol. The lowest BCUT2D eigenvalue weighted by atomic mass is 10.0. The van der Waals surface area contributed by atoms with Gasteiger partial charge in [0.2, 0.25) is 5.91 Å². The van der Waals surface area contributed by atoms with Crippen molar-refractivity contribution in [2.45, 2.75) is 13.0 Å². The highest BCUT2D eigenvalue weighted by Crippen LogP contribution is 2.24. The highest BCUT2D eigenvalue weighted by Gasteiger charge is 2.25. The second-order valence-corrected chi connectivity index (χ2v) is 6.35. The molecular weight excluding hydrogens is 469 g/mol. The number of hydrogen-bond acceptors (Lipinski definition) is 4. The van der Waals surface area contributed by atoms with E-state index in [0.717, 1.165) is 6.54 Å². The Hall–Kier alpha value is -2.20. The molecule has 2 N–H and O–H groups in total. The van der Waals surface area contributed by atoms with Crippen LogP contribution >= 0.6 is 24.0 Å². The third kappa shape index (κ3) is 5.90. The van der Waals surface area contributed by atoms with Gasteiger partial charge in [0.25, 0.3) is 0 Å². The summed E-state index contributed by atoms with van der Waals surface area (Å²) in [6.45, 7) is 4.25. The third-order valence-electron chi connectivity index (χ3n) is 4.47. The van der Waals surface area contributed by atoms with Crippen LogP contribution in [0.1, 0.15) is 17.2 Å². The lowest BCUT2D eigenvalue weighted by Crippen LogP contribution is -2.49. The molecule has 0 aliphatic carbocycles. The van der Waals surface area contributed by atoms with Gasteiger partial charge < -0.3 is 20.3 Å². The van der Waals surface area contributed by atoms with E-state index in [1.165, 1.54) is 11.1 Å². The number of guanidine groups is 1. The summed E-state index contributed by atoms with van der Waals surface area (Å²) >= 11 is 0. The standard InChI is InChI=1S/C20H25N5O2.HI/c1-15-6-3-4-8-17(15)18-14-25(10-11-27-18)20(21-2)23-13-19(26)24-16-7-5-9-22-12-16;/h3-9,12,18H,10-11,13-14H2,1-2H3,(H,21,23)(H,24,26);1H. The molecule has 1 aliphatic heterocycles. The van der Waals surface area contributed by atoms with Crippen LogP contribution in [-0.4, -0.2) is 55.0 Å². The molecule has 3 rings (SSSR count). The fraction of sp³-hybridized carbons (Fsp3) is 0.350. The van der Waals surface area contributed by atoms with Gasteiger partial charge in [-0.1, -0.05) is 24.3 Å². The van der Waals surface area contributed by atoms with Crippen LogP contribution in [-0.2, 0) is 9.53 Å². The number of halogens is 1. The smallest absolute Gasteiger partial charge is 0.243 e. The molecule has 1 aromatic heterocycles. The molecule has 7 nitrogen and oxygen atoms in total. The number of nitrogens with one attached hydrogen (secondary N) is 2. The van der Waals surface area contributed by atoms with Crippen LogP contribution < -0.4 is 10.6 Å². The van der Waals surface area contributed by atoms with Gasteiger partial charge in [0.05, 0.1) is 31.6 Å². The van der Waals surface area contributed by atoms with E-state index in [0.29, 0.717) is 24.8 Å². The van der Waals surface area contributed by atoms with Crippen molar-refractivity contribution in [1.29, 1.82) is 0 Å². The van der Waals surface area contributed by atoms with Gasteiger partial charge in [-0.05, 0) is 30.2 Å². The summed E-state index contributed by atoms with van der Waals surface area (Å²) in [6.07, 6.45) is 3.27. The second-order valence-electron chi connectivity index (χ2n) is 6.35. The quantitative estimate of drug-likeness (QED) is 0.388. The fourth-order valence-corrected chi connectivity index (χ4v) is 3.11. The minimum absolute atomic E-state index is 0. The van der Waals surface area contributed by atoms with Crippen molar-refractivity contribution in [3.05, 3.63) is 59.9 Å². The lowest BCUT2D eigenvalue weighted by molar-refractivity contribution is -0.115. The van der Waals surface area contributed by atoms with Crippen molar-refractivity contribution >= 4 is 41.5 Å². The first kappa shape index (κ1) is 22.1. The Bertz CT molecular complexity index is 800. The first-order valence-electron chi connectivity index (χ1n) is 9.00. The fourth-order valence-electron chi connectivity index (χ4n) is 3.11. The Balaban J connectivity index is 0.00000280. The van der Waals surface area contributed by atoms with E-state index in [9.17, 15) is 4.79 Å². The van der Waals surface area contributed by atoms with Crippen molar-refractivity contribution in [3.8, 4) is 0 Å². The van der Waals surface area contributed by atoms with Gasteiger partial charge in [-0.25, -0.2) is 0 Å². The molecule has 2 aromatic rings. The van der Waals surface area contributed by atoms with Gasteiger partial charge in [-0.15, -0.1) is 24.0 Å². The molecule has 0 saturated carbocycles. The minimum atomic E-state index is -0.145. The van der Waals surface area contributed by atoms with Gasteiger partial charge in [0.1, 0.15) is 6.10 Å². The number of carbonyl (C=O) groups excluding carboxylic acids is 1. The maximum atomic E-state index is 12.1. The number of aliphatic imine (C=N–C) groups is 1. The van der Waals surface area contributed by atoms with Gasteiger partial charge in [-0.2, -0.15) is 0 Å². The molecule has 0 bridgehead atoms. The molecule has 1 aliphatic rings. The molecule has 150 valence electrons. The van der Waals surface area contributed by atoms with Gasteiger partial charge in [0, 0.05) is 19.8 Å². The van der Waals surface area contributed by atoms with Crippen molar-refractivity contribution in [3.63, 3.8) is 0 Å². The number of rotatable bonds is 4. The zero-order valence-corrected chi connectivity index (χ0v) is 18.4. The van der Waals surface area contributed by atoms with Crippen molar-refractivity contribution in [2.75, 3.05) is 38.6 Å². The van der Waals surface area contributed by atoms with E-state index >= 15 is 0 Å². The SMILES string of the molecule is CN=C(NCC(=O)Nc1cccnc1)N1CCOC(c2ccccc2C)C1.I. The highest BCUT2D eigenvalue weighted by molar-refractivity contribution is 14.0. The molecule has 1 fully saturated rings. The third-order valence-corrected chi connectivity index (χ3v) is 4.47. The number of aryl methyl sites for hydroxylation is 1. The first-order chi connectivity index (χ1) is 13.2. The van der Waals surface area contributed by atoms with Crippen LogP contribution in [0.2, 0.25) is 0 Å². The Labute approximate surface area is 182 Å². The van der Waals surface area contributed by atoms with Gasteiger partial charge in [-0.3, -0.25) is 14.8 Å². The summed E-state index contributed by atoms with van der Waals surface area (Å²) < 4.78 is 5.96. The molecule has 1 atom stereocenters. The Kier molecular flexibility index (Phi) is 8.65. The number of amides is 1. The number of morpholine rings is 1. The summed E-state index contributed by atoms with van der Waals surface area (Å²) in [7, 11) is 1.72. The number of benzene rings is 1.